The Morgan fingerprint density at radius 1 is 1.25 bits per heavy atom. The molecular formula is C20H27ClFN5O. The highest BCUT2D eigenvalue weighted by atomic mass is 35.5. The Balaban J connectivity index is 1.49. The van der Waals surface area contributed by atoms with Gasteiger partial charge in [0.1, 0.15) is 11.6 Å². The Hall–Kier alpha value is -2.12. The maximum absolute atomic E-state index is 14.0. The quantitative estimate of drug-likeness (QED) is 0.610. The predicted molar refractivity (Wildman–Crippen MR) is 109 cm³/mol. The lowest BCUT2D eigenvalue weighted by atomic mass is 10.1. The summed E-state index contributed by atoms with van der Waals surface area (Å²) in [6.45, 7) is 8.50. The van der Waals surface area contributed by atoms with Crippen LogP contribution in [-0.4, -0.2) is 60.7 Å². The zero-order valence-corrected chi connectivity index (χ0v) is 17.4. The summed E-state index contributed by atoms with van der Waals surface area (Å²) >= 11 is 6.15. The van der Waals surface area contributed by atoms with Gasteiger partial charge in [-0.05, 0) is 32.4 Å². The van der Waals surface area contributed by atoms with Gasteiger partial charge in [0.15, 0.2) is 5.96 Å². The highest BCUT2D eigenvalue weighted by Gasteiger charge is 2.21. The molecule has 1 aromatic carbocycles. The first-order valence-corrected chi connectivity index (χ1v) is 9.90. The molecule has 0 spiro atoms. The van der Waals surface area contributed by atoms with Gasteiger partial charge in [-0.15, -0.1) is 0 Å². The summed E-state index contributed by atoms with van der Waals surface area (Å²) in [5.74, 6) is 1.51. The van der Waals surface area contributed by atoms with Crippen LogP contribution in [0, 0.1) is 19.7 Å². The third kappa shape index (κ3) is 4.83. The van der Waals surface area contributed by atoms with Crippen molar-refractivity contribution in [2.75, 3.05) is 39.8 Å². The molecule has 1 aliphatic rings. The van der Waals surface area contributed by atoms with Crippen LogP contribution in [0.4, 0.5) is 4.39 Å². The van der Waals surface area contributed by atoms with Gasteiger partial charge in [-0.2, -0.15) is 0 Å². The molecule has 8 heteroatoms. The zero-order valence-electron chi connectivity index (χ0n) is 16.6. The summed E-state index contributed by atoms with van der Waals surface area (Å²) in [4.78, 5) is 8.85. The molecule has 0 radical (unpaired) electrons. The van der Waals surface area contributed by atoms with E-state index in [9.17, 15) is 4.39 Å². The predicted octanol–water partition coefficient (Wildman–Crippen LogP) is 3.02. The van der Waals surface area contributed by atoms with E-state index in [4.69, 9.17) is 16.1 Å². The molecular weight excluding hydrogens is 381 g/mol. The second kappa shape index (κ2) is 9.39. The van der Waals surface area contributed by atoms with E-state index in [1.165, 1.54) is 6.07 Å². The molecule has 2 aromatic rings. The van der Waals surface area contributed by atoms with Gasteiger partial charge < -0.3 is 14.7 Å². The molecule has 1 N–H and O–H groups in total. The summed E-state index contributed by atoms with van der Waals surface area (Å²) in [6, 6.07) is 4.83. The normalized spacial score (nSPS) is 15.9. The molecule has 0 atom stereocenters. The SMILES string of the molecule is CN=C(NCCc1c(C)noc1C)N1CCN(Cc2c(F)cccc2Cl)CC1. The molecule has 1 fully saturated rings. The van der Waals surface area contributed by atoms with Crippen molar-refractivity contribution in [3.8, 4) is 0 Å². The van der Waals surface area contributed by atoms with E-state index in [-0.39, 0.29) is 5.82 Å². The van der Waals surface area contributed by atoms with E-state index in [1.54, 1.807) is 19.2 Å². The van der Waals surface area contributed by atoms with Crippen LogP contribution < -0.4 is 5.32 Å². The van der Waals surface area contributed by atoms with Crippen molar-refractivity contribution in [1.82, 2.24) is 20.3 Å². The summed E-state index contributed by atoms with van der Waals surface area (Å²) < 4.78 is 19.2. The fourth-order valence-electron chi connectivity index (χ4n) is 3.52. The van der Waals surface area contributed by atoms with Crippen molar-refractivity contribution in [3.05, 3.63) is 51.6 Å². The lowest BCUT2D eigenvalue weighted by molar-refractivity contribution is 0.171. The molecule has 0 bridgehead atoms. The Morgan fingerprint density at radius 3 is 2.61 bits per heavy atom. The minimum Gasteiger partial charge on any atom is -0.361 e. The minimum atomic E-state index is -0.244. The van der Waals surface area contributed by atoms with Crippen molar-refractivity contribution < 1.29 is 8.91 Å². The molecule has 3 rings (SSSR count). The monoisotopic (exact) mass is 407 g/mol. The smallest absolute Gasteiger partial charge is 0.193 e. The molecule has 1 aliphatic heterocycles. The summed E-state index contributed by atoms with van der Waals surface area (Å²) in [7, 11) is 1.80. The molecule has 2 heterocycles. The molecule has 1 aromatic heterocycles. The van der Waals surface area contributed by atoms with E-state index < -0.39 is 0 Å². The maximum Gasteiger partial charge on any atom is 0.193 e. The highest BCUT2D eigenvalue weighted by molar-refractivity contribution is 6.31. The van der Waals surface area contributed by atoms with E-state index in [0.717, 1.165) is 62.1 Å². The number of guanidine groups is 1. The lowest BCUT2D eigenvalue weighted by Gasteiger charge is -2.36. The van der Waals surface area contributed by atoms with Gasteiger partial charge in [0.05, 0.1) is 5.69 Å². The second-order valence-electron chi connectivity index (χ2n) is 6.99. The van der Waals surface area contributed by atoms with Crippen LogP contribution >= 0.6 is 11.6 Å². The van der Waals surface area contributed by atoms with Crippen LogP contribution in [0.1, 0.15) is 22.6 Å². The van der Waals surface area contributed by atoms with Crippen LogP contribution in [0.25, 0.3) is 0 Å². The number of piperazine rings is 1. The number of aromatic nitrogens is 1. The first-order chi connectivity index (χ1) is 13.5. The zero-order chi connectivity index (χ0) is 20.1. The van der Waals surface area contributed by atoms with Gasteiger partial charge in [0.25, 0.3) is 0 Å². The highest BCUT2D eigenvalue weighted by Crippen LogP contribution is 2.21. The van der Waals surface area contributed by atoms with Gasteiger partial charge in [-0.25, -0.2) is 4.39 Å². The first-order valence-electron chi connectivity index (χ1n) is 9.52. The fourth-order valence-corrected chi connectivity index (χ4v) is 3.74. The number of nitrogens with one attached hydrogen (secondary N) is 1. The van der Waals surface area contributed by atoms with Crippen molar-refractivity contribution in [3.63, 3.8) is 0 Å². The number of benzene rings is 1. The Labute approximate surface area is 170 Å². The van der Waals surface area contributed by atoms with Crippen LogP contribution in [0.5, 0.6) is 0 Å². The van der Waals surface area contributed by atoms with Gasteiger partial charge in [0, 0.05) is 62.5 Å². The molecule has 0 saturated carbocycles. The van der Waals surface area contributed by atoms with E-state index in [1.807, 2.05) is 13.8 Å². The van der Waals surface area contributed by atoms with Gasteiger partial charge >= 0.3 is 0 Å². The average Bonchev–Trinajstić information content (AvgIpc) is 3.01. The number of aryl methyl sites for hydroxylation is 2. The number of aliphatic imine (C=N–C) groups is 1. The number of hydrogen-bond acceptors (Lipinski definition) is 4. The Morgan fingerprint density at radius 2 is 2.00 bits per heavy atom. The molecule has 28 heavy (non-hydrogen) atoms. The third-order valence-corrected chi connectivity index (χ3v) is 5.52. The van der Waals surface area contributed by atoms with Crippen LogP contribution in [0.15, 0.2) is 27.7 Å². The lowest BCUT2D eigenvalue weighted by Crippen LogP contribution is -2.52. The Bertz CT molecular complexity index is 790. The maximum atomic E-state index is 14.0. The molecule has 1 saturated heterocycles. The van der Waals surface area contributed by atoms with E-state index >= 15 is 0 Å². The fraction of sp³-hybridized carbons (Fsp3) is 0.500. The molecule has 0 amide bonds. The summed E-state index contributed by atoms with van der Waals surface area (Å²) in [5.41, 5.74) is 2.66. The molecule has 0 unspecified atom stereocenters. The van der Waals surface area contributed by atoms with E-state index in [0.29, 0.717) is 17.1 Å². The third-order valence-electron chi connectivity index (χ3n) is 5.17. The van der Waals surface area contributed by atoms with E-state index in [2.05, 4.69) is 25.3 Å². The summed E-state index contributed by atoms with van der Waals surface area (Å²) in [5, 5.41) is 7.90. The van der Waals surface area contributed by atoms with Crippen molar-refractivity contribution >= 4 is 17.6 Å². The summed E-state index contributed by atoms with van der Waals surface area (Å²) in [6.07, 6.45) is 0.839. The van der Waals surface area contributed by atoms with Gasteiger partial charge in [-0.3, -0.25) is 9.89 Å². The van der Waals surface area contributed by atoms with Gasteiger partial charge in [-0.1, -0.05) is 22.8 Å². The number of nitrogens with zero attached hydrogens (tertiary/aromatic N) is 4. The van der Waals surface area contributed by atoms with Crippen LogP contribution in [-0.2, 0) is 13.0 Å². The molecule has 152 valence electrons. The number of halogens is 2. The first kappa shape index (κ1) is 20.6. The van der Waals surface area contributed by atoms with Crippen molar-refractivity contribution in [2.24, 2.45) is 4.99 Å². The van der Waals surface area contributed by atoms with Crippen LogP contribution in [0.2, 0.25) is 5.02 Å². The molecule has 6 nitrogen and oxygen atoms in total. The van der Waals surface area contributed by atoms with Crippen molar-refractivity contribution in [2.45, 2.75) is 26.8 Å². The second-order valence-corrected chi connectivity index (χ2v) is 7.40. The topological polar surface area (TPSA) is 56.9 Å². The minimum absolute atomic E-state index is 0.244. The average molecular weight is 408 g/mol. The number of rotatable bonds is 5. The van der Waals surface area contributed by atoms with Gasteiger partial charge in [0.2, 0.25) is 0 Å². The Kier molecular flexibility index (Phi) is 6.91. The standard InChI is InChI=1S/C20H27ClFN5O/c1-14-16(15(2)28-25-14)7-8-24-20(23-3)27-11-9-26(10-12-27)13-17-18(21)5-4-6-19(17)22/h4-6H,7-13H2,1-3H3,(H,23,24). The molecule has 0 aliphatic carbocycles. The number of hydrogen-bond donors (Lipinski definition) is 1. The largest absolute Gasteiger partial charge is 0.361 e. The van der Waals surface area contributed by atoms with Crippen molar-refractivity contribution in [1.29, 1.82) is 0 Å². The van der Waals surface area contributed by atoms with Crippen LogP contribution in [0.3, 0.4) is 0 Å².